The highest BCUT2D eigenvalue weighted by Crippen LogP contribution is 2.36. The van der Waals surface area contributed by atoms with E-state index in [4.69, 9.17) is 5.11 Å². The van der Waals surface area contributed by atoms with Crippen LogP contribution in [0.1, 0.15) is 10.4 Å². The van der Waals surface area contributed by atoms with Gasteiger partial charge in [0.05, 0.1) is 11.1 Å². The van der Waals surface area contributed by atoms with Crippen LogP contribution >= 0.6 is 0 Å². The first-order chi connectivity index (χ1) is 10.7. The topological polar surface area (TPSA) is 62.7 Å². The van der Waals surface area contributed by atoms with E-state index in [2.05, 4.69) is 9.72 Å². The van der Waals surface area contributed by atoms with E-state index in [1.165, 1.54) is 30.5 Å². The highest BCUT2D eigenvalue weighted by atomic mass is 19.3. The third-order valence-corrected chi connectivity index (χ3v) is 3.37. The number of carboxylic acid groups (broad SMARTS) is 1. The van der Waals surface area contributed by atoms with Gasteiger partial charge in [0.2, 0.25) is 0 Å². The van der Waals surface area contributed by atoms with Crippen molar-refractivity contribution in [1.82, 2.24) is 4.98 Å². The normalized spacial score (nSPS) is 19.7. The van der Waals surface area contributed by atoms with E-state index in [1.54, 1.807) is 0 Å². The van der Waals surface area contributed by atoms with Gasteiger partial charge in [-0.15, -0.1) is 0 Å². The van der Waals surface area contributed by atoms with E-state index in [0.29, 0.717) is 5.52 Å². The van der Waals surface area contributed by atoms with E-state index in [1.807, 2.05) is 0 Å². The molecule has 0 bridgehead atoms. The summed E-state index contributed by atoms with van der Waals surface area (Å²) in [5.41, 5.74) is 0.264. The number of anilines is 1. The predicted molar refractivity (Wildman–Crippen MR) is 71.9 cm³/mol. The first-order valence-corrected chi connectivity index (χ1v) is 6.50. The molecule has 1 fully saturated rings. The minimum absolute atomic E-state index is 0.0376. The lowest BCUT2D eigenvalue weighted by molar-refractivity contribution is -0.380. The third-order valence-electron chi connectivity index (χ3n) is 3.37. The molecule has 0 spiro atoms. The number of hydrogen-bond donors (Lipinski definition) is 1. The standard InChI is InChI=1S/C14H10F4N2O3/c15-13(16)6-20(7-14(17,18)23-13)8-1-2-11-10(5-8)9(12(21)22)3-4-19-11/h1-5H,6-7H2,(H,21,22). The number of fused-ring (bicyclic) bond motifs is 1. The lowest BCUT2D eigenvalue weighted by Gasteiger charge is -2.38. The molecular formula is C14H10F4N2O3. The molecule has 0 saturated carbocycles. The van der Waals surface area contributed by atoms with Crippen LogP contribution in [0.4, 0.5) is 23.2 Å². The number of pyridine rings is 1. The summed E-state index contributed by atoms with van der Waals surface area (Å²) in [6, 6.07) is 5.22. The monoisotopic (exact) mass is 330 g/mol. The largest absolute Gasteiger partial charge is 0.478 e. The fourth-order valence-corrected chi connectivity index (χ4v) is 2.48. The van der Waals surface area contributed by atoms with Gasteiger partial charge in [-0.25, -0.2) is 4.79 Å². The molecule has 0 unspecified atom stereocenters. The number of ether oxygens (including phenoxy) is 1. The predicted octanol–water partition coefficient (Wildman–Crippen LogP) is 2.96. The van der Waals surface area contributed by atoms with Crippen LogP contribution in [0.2, 0.25) is 0 Å². The molecule has 1 aromatic carbocycles. The van der Waals surface area contributed by atoms with Crippen molar-refractivity contribution in [2.75, 3.05) is 18.0 Å². The number of alkyl halides is 4. The average molecular weight is 330 g/mol. The SMILES string of the molecule is O=C(O)c1ccnc2ccc(N3CC(F)(F)OC(F)(F)C3)cc12. The number of nitrogens with zero attached hydrogens (tertiary/aromatic N) is 2. The van der Waals surface area contributed by atoms with Gasteiger partial charge >= 0.3 is 18.2 Å². The summed E-state index contributed by atoms with van der Waals surface area (Å²) in [5, 5.41) is 9.33. The molecule has 0 amide bonds. The molecule has 1 aromatic heterocycles. The Bertz CT molecular complexity index is 766. The number of hydrogen-bond acceptors (Lipinski definition) is 4. The molecule has 23 heavy (non-hydrogen) atoms. The fourth-order valence-electron chi connectivity index (χ4n) is 2.48. The second-order valence-corrected chi connectivity index (χ2v) is 5.10. The first kappa shape index (κ1) is 15.5. The Labute approximate surface area is 127 Å². The van der Waals surface area contributed by atoms with Crippen LogP contribution in [-0.4, -0.2) is 41.4 Å². The number of morpholine rings is 1. The molecule has 122 valence electrons. The minimum Gasteiger partial charge on any atom is -0.478 e. The van der Waals surface area contributed by atoms with Gasteiger partial charge < -0.3 is 10.0 Å². The maximum Gasteiger partial charge on any atom is 0.377 e. The number of carbonyl (C=O) groups is 1. The maximum atomic E-state index is 13.3. The van der Waals surface area contributed by atoms with E-state index in [9.17, 15) is 22.4 Å². The van der Waals surface area contributed by atoms with E-state index < -0.39 is 31.3 Å². The average Bonchev–Trinajstić information content (AvgIpc) is 2.42. The summed E-state index contributed by atoms with van der Waals surface area (Å²) < 4.78 is 56.7. The Morgan fingerprint density at radius 3 is 2.43 bits per heavy atom. The maximum absolute atomic E-state index is 13.3. The first-order valence-electron chi connectivity index (χ1n) is 6.50. The lowest BCUT2D eigenvalue weighted by Crippen LogP contribution is -2.55. The molecule has 3 rings (SSSR count). The van der Waals surface area contributed by atoms with Crippen molar-refractivity contribution in [1.29, 1.82) is 0 Å². The van der Waals surface area contributed by atoms with Crippen molar-refractivity contribution < 1.29 is 32.2 Å². The molecule has 1 N–H and O–H groups in total. The zero-order valence-electron chi connectivity index (χ0n) is 11.5. The van der Waals surface area contributed by atoms with E-state index in [-0.39, 0.29) is 16.6 Å². The van der Waals surface area contributed by atoms with Crippen LogP contribution in [0.5, 0.6) is 0 Å². The quantitative estimate of drug-likeness (QED) is 0.858. The van der Waals surface area contributed by atoms with Crippen molar-refractivity contribution in [2.45, 2.75) is 12.2 Å². The summed E-state index contributed by atoms with van der Waals surface area (Å²) in [7, 11) is 0. The van der Waals surface area contributed by atoms with Crippen LogP contribution in [0.15, 0.2) is 30.5 Å². The van der Waals surface area contributed by atoms with Crippen molar-refractivity contribution >= 4 is 22.6 Å². The third kappa shape index (κ3) is 3.04. The minimum atomic E-state index is -4.01. The number of rotatable bonds is 2. The molecule has 2 aromatic rings. The second-order valence-electron chi connectivity index (χ2n) is 5.10. The Balaban J connectivity index is 2.06. The summed E-state index contributed by atoms with van der Waals surface area (Å²) >= 11 is 0. The number of aromatic carboxylic acids is 1. The van der Waals surface area contributed by atoms with Crippen LogP contribution in [0.25, 0.3) is 10.9 Å². The zero-order valence-corrected chi connectivity index (χ0v) is 11.5. The lowest BCUT2D eigenvalue weighted by atomic mass is 10.1. The summed E-state index contributed by atoms with van der Waals surface area (Å²) in [5.74, 6) is -1.23. The molecular weight excluding hydrogens is 320 g/mol. The Morgan fingerprint density at radius 2 is 1.83 bits per heavy atom. The molecule has 0 aliphatic carbocycles. The summed E-state index contributed by atoms with van der Waals surface area (Å²) in [6.45, 7) is -2.12. The summed E-state index contributed by atoms with van der Waals surface area (Å²) in [6.07, 6.45) is -6.73. The second kappa shape index (κ2) is 5.05. The van der Waals surface area contributed by atoms with Crippen molar-refractivity contribution in [3.63, 3.8) is 0 Å². The van der Waals surface area contributed by atoms with Gasteiger partial charge in [0.25, 0.3) is 0 Å². The smallest absolute Gasteiger partial charge is 0.377 e. The van der Waals surface area contributed by atoms with Gasteiger partial charge in [0, 0.05) is 17.3 Å². The molecule has 9 heteroatoms. The van der Waals surface area contributed by atoms with E-state index >= 15 is 0 Å². The molecule has 1 aliphatic heterocycles. The zero-order chi connectivity index (χ0) is 16.8. The molecule has 0 atom stereocenters. The highest BCUT2D eigenvalue weighted by molar-refractivity contribution is 6.03. The fraction of sp³-hybridized carbons (Fsp3) is 0.286. The number of carboxylic acids is 1. The van der Waals surface area contributed by atoms with Gasteiger partial charge in [0.1, 0.15) is 13.1 Å². The number of aromatic nitrogens is 1. The van der Waals surface area contributed by atoms with Crippen LogP contribution in [-0.2, 0) is 4.74 Å². The van der Waals surface area contributed by atoms with Crippen LogP contribution < -0.4 is 4.90 Å². The van der Waals surface area contributed by atoms with Crippen molar-refractivity contribution in [3.8, 4) is 0 Å². The van der Waals surface area contributed by atoms with Gasteiger partial charge in [-0.05, 0) is 24.3 Å². The van der Waals surface area contributed by atoms with Gasteiger partial charge in [-0.3, -0.25) is 9.72 Å². The Kier molecular flexibility index (Phi) is 3.40. The summed E-state index contributed by atoms with van der Waals surface area (Å²) in [4.78, 5) is 15.9. The van der Waals surface area contributed by atoms with Gasteiger partial charge in [-0.2, -0.15) is 17.6 Å². The molecule has 1 saturated heterocycles. The van der Waals surface area contributed by atoms with Crippen molar-refractivity contribution in [2.24, 2.45) is 0 Å². The van der Waals surface area contributed by atoms with Crippen molar-refractivity contribution in [3.05, 3.63) is 36.0 Å². The molecule has 0 radical (unpaired) electrons. The Hall–Kier alpha value is -2.42. The number of halogens is 4. The van der Waals surface area contributed by atoms with E-state index in [0.717, 1.165) is 4.90 Å². The van der Waals surface area contributed by atoms with Crippen LogP contribution in [0.3, 0.4) is 0 Å². The molecule has 5 nitrogen and oxygen atoms in total. The molecule has 1 aliphatic rings. The molecule has 2 heterocycles. The van der Waals surface area contributed by atoms with Gasteiger partial charge in [0.15, 0.2) is 0 Å². The Morgan fingerprint density at radius 1 is 1.17 bits per heavy atom. The number of benzene rings is 1. The van der Waals surface area contributed by atoms with Gasteiger partial charge in [-0.1, -0.05) is 0 Å². The highest BCUT2D eigenvalue weighted by Gasteiger charge is 2.51. The van der Waals surface area contributed by atoms with Crippen LogP contribution in [0, 0.1) is 0 Å².